The highest BCUT2D eigenvalue weighted by Gasteiger charge is 2.49. The Hall–Kier alpha value is -1.85. The van der Waals surface area contributed by atoms with Crippen LogP contribution in [0.1, 0.15) is 31.7 Å². The number of sulfone groups is 1. The average Bonchev–Trinajstić information content (AvgIpc) is 2.98. The van der Waals surface area contributed by atoms with Crippen LogP contribution in [0.25, 0.3) is 0 Å². The van der Waals surface area contributed by atoms with Crippen LogP contribution in [-0.2, 0) is 14.6 Å². The summed E-state index contributed by atoms with van der Waals surface area (Å²) < 4.78 is 24.2. The number of amidine groups is 1. The number of fused-ring (bicyclic) bond motifs is 1. The van der Waals surface area contributed by atoms with Crippen LogP contribution >= 0.6 is 11.8 Å². The van der Waals surface area contributed by atoms with Crippen molar-refractivity contribution in [1.29, 1.82) is 5.26 Å². The maximum Gasteiger partial charge on any atom is 0.262 e. The number of anilines is 1. The van der Waals surface area contributed by atoms with Crippen molar-refractivity contribution in [3.8, 4) is 6.07 Å². The minimum atomic E-state index is -3.10. The van der Waals surface area contributed by atoms with Gasteiger partial charge in [0, 0.05) is 10.9 Å². The van der Waals surface area contributed by atoms with Crippen LogP contribution in [0.5, 0.6) is 0 Å². The molecule has 0 bridgehead atoms. The molecular formula is C17H19N3O3S2. The van der Waals surface area contributed by atoms with E-state index in [1.165, 1.54) is 11.8 Å². The highest BCUT2D eigenvalue weighted by atomic mass is 32.2. The first-order valence-corrected chi connectivity index (χ1v) is 10.8. The van der Waals surface area contributed by atoms with E-state index < -0.39 is 15.7 Å². The molecule has 0 aliphatic carbocycles. The van der Waals surface area contributed by atoms with Crippen molar-refractivity contribution >= 4 is 38.4 Å². The van der Waals surface area contributed by atoms with Crippen molar-refractivity contribution in [1.82, 2.24) is 0 Å². The molecule has 0 saturated carbocycles. The topological polar surface area (TPSA) is 90.6 Å². The van der Waals surface area contributed by atoms with Gasteiger partial charge >= 0.3 is 0 Å². The van der Waals surface area contributed by atoms with Gasteiger partial charge in [0.25, 0.3) is 5.91 Å². The average molecular weight is 377 g/mol. The van der Waals surface area contributed by atoms with Gasteiger partial charge < -0.3 is 4.90 Å². The Labute approximate surface area is 151 Å². The van der Waals surface area contributed by atoms with Crippen molar-refractivity contribution in [3.05, 3.63) is 29.8 Å². The molecule has 132 valence electrons. The van der Waals surface area contributed by atoms with E-state index in [1.807, 2.05) is 35.2 Å². The largest absolute Gasteiger partial charge is 0.315 e. The number of benzene rings is 1. The van der Waals surface area contributed by atoms with Gasteiger partial charge in [0.05, 0.1) is 23.6 Å². The molecule has 2 fully saturated rings. The van der Waals surface area contributed by atoms with Gasteiger partial charge in [0.1, 0.15) is 6.42 Å². The smallest absolute Gasteiger partial charge is 0.262 e. The molecule has 2 heterocycles. The third-order valence-corrected chi connectivity index (χ3v) is 7.55. The molecule has 0 spiro atoms. The Kier molecular flexibility index (Phi) is 4.89. The van der Waals surface area contributed by atoms with Gasteiger partial charge in [-0.1, -0.05) is 43.8 Å². The van der Waals surface area contributed by atoms with E-state index in [1.54, 1.807) is 0 Å². The lowest BCUT2D eigenvalue weighted by Crippen LogP contribution is -2.38. The zero-order chi connectivity index (χ0) is 18.2. The summed E-state index contributed by atoms with van der Waals surface area (Å²) in [6.45, 7) is 4.14. The number of thioether (sulfide) groups is 1. The lowest BCUT2D eigenvalue weighted by molar-refractivity contribution is -0.116. The van der Waals surface area contributed by atoms with E-state index in [-0.39, 0.29) is 35.1 Å². The third kappa shape index (κ3) is 3.58. The van der Waals surface area contributed by atoms with Crippen LogP contribution in [0.2, 0.25) is 0 Å². The zero-order valence-electron chi connectivity index (χ0n) is 14.0. The normalized spacial score (nSPS) is 26.0. The number of nitriles is 1. The molecule has 2 aliphatic rings. The minimum Gasteiger partial charge on any atom is -0.315 e. The summed E-state index contributed by atoms with van der Waals surface area (Å²) >= 11 is 1.33. The summed E-state index contributed by atoms with van der Waals surface area (Å²) in [5, 5.41) is 9.06. The highest BCUT2D eigenvalue weighted by Crippen LogP contribution is 2.43. The summed E-state index contributed by atoms with van der Waals surface area (Å²) in [6, 6.07) is 9.37. The second-order valence-corrected chi connectivity index (χ2v) is 9.87. The molecule has 0 radical (unpaired) electrons. The molecule has 1 aromatic carbocycles. The predicted octanol–water partition coefficient (Wildman–Crippen LogP) is 2.33. The van der Waals surface area contributed by atoms with Gasteiger partial charge in [-0.2, -0.15) is 10.3 Å². The summed E-state index contributed by atoms with van der Waals surface area (Å²) in [5.74, 6) is -0.106. The molecule has 1 amide bonds. The number of hydrogen-bond donors (Lipinski definition) is 0. The van der Waals surface area contributed by atoms with Gasteiger partial charge in [0.2, 0.25) is 0 Å². The zero-order valence-corrected chi connectivity index (χ0v) is 15.7. The number of carbonyl (C=O) groups excluding carboxylic acids is 1. The highest BCUT2D eigenvalue weighted by molar-refractivity contribution is 8.16. The Morgan fingerprint density at radius 3 is 2.80 bits per heavy atom. The Balaban J connectivity index is 2.08. The standard InChI is InChI=1S/C17H19N3O3S2/c1-11(2)12-5-3-4-6-13(12)20-14-9-25(22,23)10-15(14)24-17(20)19-16(21)7-8-18/h3-6,11,14-15H,7,9-10H2,1-2H3. The van der Waals surface area contributed by atoms with Crippen molar-refractivity contribution in [2.75, 3.05) is 16.4 Å². The van der Waals surface area contributed by atoms with Crippen molar-refractivity contribution < 1.29 is 13.2 Å². The van der Waals surface area contributed by atoms with E-state index in [4.69, 9.17) is 5.26 Å². The Bertz CT molecular complexity index is 871. The first-order chi connectivity index (χ1) is 11.8. The summed E-state index contributed by atoms with van der Waals surface area (Å²) in [5.41, 5.74) is 1.96. The Morgan fingerprint density at radius 2 is 2.12 bits per heavy atom. The number of nitrogens with zero attached hydrogens (tertiary/aromatic N) is 3. The second-order valence-electron chi connectivity index (χ2n) is 6.51. The number of para-hydroxylation sites is 1. The first-order valence-electron chi connectivity index (χ1n) is 8.06. The molecule has 6 nitrogen and oxygen atoms in total. The van der Waals surface area contributed by atoms with Gasteiger partial charge in [-0.15, -0.1) is 0 Å². The SMILES string of the molecule is CC(C)c1ccccc1N1C(=NC(=O)CC#N)SC2CS(=O)(=O)CC21. The van der Waals surface area contributed by atoms with E-state index in [2.05, 4.69) is 18.8 Å². The molecule has 2 atom stereocenters. The summed E-state index contributed by atoms with van der Waals surface area (Å²) in [7, 11) is -3.10. The number of carbonyl (C=O) groups is 1. The van der Waals surface area contributed by atoms with Crippen molar-refractivity contribution in [3.63, 3.8) is 0 Å². The molecule has 1 aromatic rings. The number of rotatable bonds is 3. The van der Waals surface area contributed by atoms with Crippen LogP contribution in [0.3, 0.4) is 0 Å². The fourth-order valence-corrected chi connectivity index (χ4v) is 7.18. The molecular weight excluding hydrogens is 358 g/mol. The maximum atomic E-state index is 12.1. The first kappa shape index (κ1) is 18.0. The van der Waals surface area contributed by atoms with Crippen molar-refractivity contribution in [2.24, 2.45) is 4.99 Å². The van der Waals surface area contributed by atoms with Crippen LogP contribution in [0, 0.1) is 11.3 Å². The molecule has 3 rings (SSSR count). The number of hydrogen-bond acceptors (Lipinski definition) is 5. The fourth-order valence-electron chi connectivity index (χ4n) is 3.26. The van der Waals surface area contributed by atoms with E-state index in [9.17, 15) is 13.2 Å². The maximum absolute atomic E-state index is 12.1. The van der Waals surface area contributed by atoms with E-state index in [0.29, 0.717) is 5.17 Å². The minimum absolute atomic E-state index is 0.0581. The fraction of sp³-hybridized carbons (Fsp3) is 0.471. The number of amides is 1. The quantitative estimate of drug-likeness (QED) is 0.803. The van der Waals surface area contributed by atoms with Gasteiger partial charge in [-0.25, -0.2) is 8.42 Å². The number of aliphatic imine (C=N–C) groups is 1. The molecule has 25 heavy (non-hydrogen) atoms. The summed E-state index contributed by atoms with van der Waals surface area (Å²) in [4.78, 5) is 17.9. The van der Waals surface area contributed by atoms with Gasteiger partial charge in [0.15, 0.2) is 15.0 Å². The molecule has 0 aromatic heterocycles. The molecule has 8 heteroatoms. The van der Waals surface area contributed by atoms with Crippen LogP contribution in [0.15, 0.2) is 29.3 Å². The van der Waals surface area contributed by atoms with Crippen LogP contribution < -0.4 is 4.90 Å². The van der Waals surface area contributed by atoms with E-state index >= 15 is 0 Å². The van der Waals surface area contributed by atoms with Crippen LogP contribution in [0.4, 0.5) is 5.69 Å². The Morgan fingerprint density at radius 1 is 1.40 bits per heavy atom. The lowest BCUT2D eigenvalue weighted by Gasteiger charge is -2.28. The van der Waals surface area contributed by atoms with Crippen molar-refractivity contribution in [2.45, 2.75) is 37.5 Å². The molecule has 2 unspecified atom stereocenters. The van der Waals surface area contributed by atoms with Crippen LogP contribution in [-0.4, -0.2) is 42.3 Å². The molecule has 2 saturated heterocycles. The van der Waals surface area contributed by atoms with Gasteiger partial charge in [-0.3, -0.25) is 4.79 Å². The lowest BCUT2D eigenvalue weighted by atomic mass is 9.99. The predicted molar refractivity (Wildman–Crippen MR) is 99.5 cm³/mol. The third-order valence-electron chi connectivity index (χ3n) is 4.34. The van der Waals surface area contributed by atoms with E-state index in [0.717, 1.165) is 11.3 Å². The monoisotopic (exact) mass is 377 g/mol. The molecule has 2 aliphatic heterocycles. The summed E-state index contributed by atoms with van der Waals surface area (Å²) in [6.07, 6.45) is -0.280. The molecule has 0 N–H and O–H groups in total. The van der Waals surface area contributed by atoms with Gasteiger partial charge in [-0.05, 0) is 17.5 Å². The second kappa shape index (κ2) is 6.81.